The Kier molecular flexibility index (Phi) is 5.73. The average Bonchev–Trinajstić information content (AvgIpc) is 3.17. The predicted molar refractivity (Wildman–Crippen MR) is 98.4 cm³/mol. The second kappa shape index (κ2) is 8.01. The Bertz CT molecular complexity index is 772. The van der Waals surface area contributed by atoms with E-state index < -0.39 is 5.97 Å². The molecular weight excluding hydrogens is 354 g/mol. The molecule has 1 N–H and O–H groups in total. The lowest BCUT2D eigenvalue weighted by Crippen LogP contribution is -2.37. The highest BCUT2D eigenvalue weighted by molar-refractivity contribution is 7.15. The Morgan fingerprint density at radius 3 is 2.92 bits per heavy atom. The van der Waals surface area contributed by atoms with Gasteiger partial charge in [0.15, 0.2) is 10.8 Å². The average molecular weight is 377 g/mol. The number of amides is 1. The normalized spacial score (nSPS) is 18.1. The number of nitrogens with zero attached hydrogens (tertiary/aromatic N) is 3. The molecule has 0 aliphatic carbocycles. The lowest BCUT2D eigenvalue weighted by atomic mass is 10.1. The summed E-state index contributed by atoms with van der Waals surface area (Å²) >= 11 is 1.46. The lowest BCUT2D eigenvalue weighted by Gasteiger charge is -2.25. The van der Waals surface area contributed by atoms with Gasteiger partial charge < -0.3 is 14.4 Å². The molecule has 2 aromatic rings. The van der Waals surface area contributed by atoms with Crippen LogP contribution in [-0.4, -0.2) is 64.5 Å². The van der Waals surface area contributed by atoms with Crippen LogP contribution in [0.5, 0.6) is 0 Å². The van der Waals surface area contributed by atoms with Gasteiger partial charge in [0.05, 0.1) is 12.8 Å². The molecule has 26 heavy (non-hydrogen) atoms. The van der Waals surface area contributed by atoms with Crippen molar-refractivity contribution in [3.63, 3.8) is 0 Å². The van der Waals surface area contributed by atoms with Gasteiger partial charge in [-0.3, -0.25) is 14.5 Å². The van der Waals surface area contributed by atoms with E-state index in [2.05, 4.69) is 4.98 Å². The molecule has 0 radical (unpaired) electrons. The van der Waals surface area contributed by atoms with Gasteiger partial charge in [-0.2, -0.15) is 0 Å². The van der Waals surface area contributed by atoms with Crippen LogP contribution in [-0.2, 0) is 4.79 Å². The zero-order valence-corrected chi connectivity index (χ0v) is 15.8. The number of likely N-dealkylation sites (tertiary alicyclic amines) is 1. The summed E-state index contributed by atoms with van der Waals surface area (Å²) in [4.78, 5) is 32.9. The molecule has 0 bridgehead atoms. The Morgan fingerprint density at radius 2 is 2.23 bits per heavy atom. The van der Waals surface area contributed by atoms with Gasteiger partial charge in [-0.05, 0) is 45.4 Å². The van der Waals surface area contributed by atoms with Crippen molar-refractivity contribution in [3.8, 4) is 10.8 Å². The first-order valence-corrected chi connectivity index (χ1v) is 9.50. The molecule has 1 aliphatic heterocycles. The number of carbonyl (C=O) groups is 2. The van der Waals surface area contributed by atoms with Crippen molar-refractivity contribution in [2.24, 2.45) is 0 Å². The molecule has 1 saturated heterocycles. The van der Waals surface area contributed by atoms with Gasteiger partial charge in [0, 0.05) is 24.0 Å². The number of aryl methyl sites for hydroxylation is 1. The van der Waals surface area contributed by atoms with Crippen LogP contribution in [0.25, 0.3) is 10.8 Å². The molecule has 1 amide bonds. The van der Waals surface area contributed by atoms with Gasteiger partial charge >= 0.3 is 5.97 Å². The van der Waals surface area contributed by atoms with Crippen molar-refractivity contribution < 1.29 is 19.1 Å². The summed E-state index contributed by atoms with van der Waals surface area (Å²) in [7, 11) is 1.83. The highest BCUT2D eigenvalue weighted by Crippen LogP contribution is 2.29. The minimum atomic E-state index is -0.826. The molecule has 3 rings (SSSR count). The van der Waals surface area contributed by atoms with Gasteiger partial charge in [-0.25, -0.2) is 4.98 Å². The molecule has 3 heterocycles. The fourth-order valence-corrected chi connectivity index (χ4v) is 4.19. The Hall–Kier alpha value is -2.19. The third kappa shape index (κ3) is 4.13. The molecule has 0 saturated carbocycles. The minimum absolute atomic E-state index is 0.0241. The maximum atomic E-state index is 12.9. The van der Waals surface area contributed by atoms with Gasteiger partial charge in [-0.15, -0.1) is 11.3 Å². The summed E-state index contributed by atoms with van der Waals surface area (Å²) in [5.41, 5.74) is 0.485. The van der Waals surface area contributed by atoms with E-state index in [1.54, 1.807) is 12.3 Å². The number of likely N-dealkylation sites (N-methyl/N-ethyl adjacent to an activating group) is 1. The first-order chi connectivity index (χ1) is 12.5. The topological polar surface area (TPSA) is 86.9 Å². The number of aliphatic carboxylic acids is 1. The summed E-state index contributed by atoms with van der Waals surface area (Å²) in [6.45, 7) is 3.21. The van der Waals surface area contributed by atoms with Crippen LogP contribution in [0.4, 0.5) is 0 Å². The van der Waals surface area contributed by atoms with Crippen molar-refractivity contribution in [1.82, 2.24) is 14.8 Å². The van der Waals surface area contributed by atoms with Crippen LogP contribution in [0.1, 0.15) is 34.6 Å². The van der Waals surface area contributed by atoms with E-state index in [0.717, 1.165) is 24.1 Å². The lowest BCUT2D eigenvalue weighted by molar-refractivity contribution is -0.138. The van der Waals surface area contributed by atoms with Crippen molar-refractivity contribution in [3.05, 3.63) is 29.0 Å². The number of thiazole rings is 1. The van der Waals surface area contributed by atoms with Gasteiger partial charge in [0.1, 0.15) is 5.69 Å². The molecule has 140 valence electrons. The van der Waals surface area contributed by atoms with E-state index in [9.17, 15) is 9.59 Å². The van der Waals surface area contributed by atoms with Crippen molar-refractivity contribution in [2.75, 3.05) is 26.7 Å². The third-order valence-corrected chi connectivity index (χ3v) is 5.71. The summed E-state index contributed by atoms with van der Waals surface area (Å²) in [5.74, 6) is -0.213. The van der Waals surface area contributed by atoms with E-state index in [1.165, 1.54) is 11.3 Å². The number of carbonyl (C=O) groups excluding carboxylic acids is 1. The van der Waals surface area contributed by atoms with E-state index in [0.29, 0.717) is 29.6 Å². The first-order valence-electron chi connectivity index (χ1n) is 8.68. The zero-order valence-electron chi connectivity index (χ0n) is 15.0. The minimum Gasteiger partial charge on any atom is -0.480 e. The molecule has 8 heteroatoms. The van der Waals surface area contributed by atoms with Crippen LogP contribution in [0.3, 0.4) is 0 Å². The quantitative estimate of drug-likeness (QED) is 0.862. The monoisotopic (exact) mass is 377 g/mol. The van der Waals surface area contributed by atoms with E-state index >= 15 is 0 Å². The van der Waals surface area contributed by atoms with E-state index in [4.69, 9.17) is 9.52 Å². The van der Waals surface area contributed by atoms with E-state index in [-0.39, 0.29) is 18.5 Å². The maximum absolute atomic E-state index is 12.9. The molecule has 1 atom stereocenters. The van der Waals surface area contributed by atoms with Crippen LogP contribution in [0.2, 0.25) is 0 Å². The second-order valence-electron chi connectivity index (χ2n) is 6.59. The number of rotatable bonds is 5. The van der Waals surface area contributed by atoms with E-state index in [1.807, 2.05) is 29.8 Å². The van der Waals surface area contributed by atoms with Gasteiger partial charge in [0.2, 0.25) is 0 Å². The molecule has 7 nitrogen and oxygen atoms in total. The molecule has 0 spiro atoms. The van der Waals surface area contributed by atoms with Crippen molar-refractivity contribution in [1.29, 1.82) is 0 Å². The molecule has 1 unspecified atom stereocenters. The standard InChI is InChI=1S/C18H23N3O4S/c1-12-16(19-17(26-12)14-6-4-10-25-14)18(24)21-8-3-5-13(7-9-21)20(2)11-15(22)23/h4,6,10,13H,3,5,7-9,11H2,1-2H3,(H,22,23). The Morgan fingerprint density at radius 1 is 1.42 bits per heavy atom. The summed E-state index contributed by atoms with van der Waals surface area (Å²) in [5, 5.41) is 9.68. The second-order valence-corrected chi connectivity index (χ2v) is 7.79. The smallest absolute Gasteiger partial charge is 0.317 e. The first kappa shape index (κ1) is 18.6. The highest BCUT2D eigenvalue weighted by atomic mass is 32.1. The number of hydrogen-bond acceptors (Lipinski definition) is 6. The maximum Gasteiger partial charge on any atom is 0.317 e. The number of hydrogen-bond donors (Lipinski definition) is 1. The van der Waals surface area contributed by atoms with Crippen molar-refractivity contribution >= 4 is 23.2 Å². The number of carboxylic acid groups (broad SMARTS) is 1. The predicted octanol–water partition coefficient (Wildman–Crippen LogP) is 2.72. The van der Waals surface area contributed by atoms with Crippen LogP contribution in [0.15, 0.2) is 22.8 Å². The van der Waals surface area contributed by atoms with Crippen molar-refractivity contribution in [2.45, 2.75) is 32.2 Å². The third-order valence-electron chi connectivity index (χ3n) is 4.72. The molecule has 1 fully saturated rings. The van der Waals surface area contributed by atoms with Gasteiger partial charge in [-0.1, -0.05) is 0 Å². The fourth-order valence-electron chi connectivity index (χ4n) is 3.32. The number of carboxylic acids is 1. The fraction of sp³-hybridized carbons (Fsp3) is 0.500. The number of aromatic nitrogens is 1. The number of furan rings is 1. The van der Waals surface area contributed by atoms with Gasteiger partial charge in [0.25, 0.3) is 5.91 Å². The molecule has 0 aromatic carbocycles. The SMILES string of the molecule is Cc1sc(-c2ccco2)nc1C(=O)N1CCCC(N(C)CC(=O)O)CC1. The van der Waals surface area contributed by atoms with Crippen LogP contribution < -0.4 is 0 Å². The highest BCUT2D eigenvalue weighted by Gasteiger charge is 2.27. The largest absolute Gasteiger partial charge is 0.480 e. The Labute approximate surface area is 156 Å². The van der Waals surface area contributed by atoms with Crippen LogP contribution >= 0.6 is 11.3 Å². The summed E-state index contributed by atoms with van der Waals surface area (Å²) in [6, 6.07) is 3.82. The summed E-state index contributed by atoms with van der Waals surface area (Å²) < 4.78 is 5.37. The summed E-state index contributed by atoms with van der Waals surface area (Å²) in [6.07, 6.45) is 4.11. The van der Waals surface area contributed by atoms with Crippen LogP contribution in [0, 0.1) is 6.92 Å². The zero-order chi connectivity index (χ0) is 18.7. The Balaban J connectivity index is 1.68. The molecule has 1 aliphatic rings. The molecule has 2 aromatic heterocycles. The molecular formula is C18H23N3O4S.